The first-order chi connectivity index (χ1) is 7.66. The van der Waals surface area contributed by atoms with Gasteiger partial charge >= 0.3 is 0 Å². The molecule has 0 radical (unpaired) electrons. The maximum Gasteiger partial charge on any atom is 0.0628 e. The molecule has 1 unspecified atom stereocenters. The van der Waals surface area contributed by atoms with Gasteiger partial charge in [0.15, 0.2) is 0 Å². The minimum atomic E-state index is -0.00620. The highest BCUT2D eigenvalue weighted by Crippen LogP contribution is 2.30. The molecule has 0 aliphatic carbocycles. The molecule has 0 aliphatic heterocycles. The molecule has 0 N–H and O–H groups in total. The molecule has 1 aromatic carbocycles. The Morgan fingerprint density at radius 2 is 2.12 bits per heavy atom. The SMILES string of the molecule is Cc1ccc(Cl)cc1C(Cl)Cc1ccsc1. The molecule has 0 amide bonds. The molecule has 0 nitrogen and oxygen atoms in total. The number of alkyl halides is 1. The lowest BCUT2D eigenvalue weighted by atomic mass is 10.0. The first-order valence-electron chi connectivity index (χ1n) is 5.08. The van der Waals surface area contributed by atoms with Crippen LogP contribution in [0.4, 0.5) is 0 Å². The average Bonchev–Trinajstić information content (AvgIpc) is 2.74. The van der Waals surface area contributed by atoms with E-state index in [-0.39, 0.29) is 5.38 Å². The summed E-state index contributed by atoms with van der Waals surface area (Å²) in [6, 6.07) is 7.98. The fourth-order valence-corrected chi connectivity index (χ4v) is 2.95. The number of hydrogen-bond donors (Lipinski definition) is 0. The molecule has 2 rings (SSSR count). The summed E-state index contributed by atoms with van der Waals surface area (Å²) in [7, 11) is 0. The molecule has 3 heteroatoms. The van der Waals surface area contributed by atoms with Gasteiger partial charge in [0.25, 0.3) is 0 Å². The maximum absolute atomic E-state index is 6.42. The molecule has 1 atom stereocenters. The highest BCUT2D eigenvalue weighted by atomic mass is 35.5. The van der Waals surface area contributed by atoms with Crippen molar-refractivity contribution in [2.45, 2.75) is 18.7 Å². The van der Waals surface area contributed by atoms with Crippen molar-refractivity contribution in [3.8, 4) is 0 Å². The number of thiophene rings is 1. The predicted molar refractivity (Wildman–Crippen MR) is 72.8 cm³/mol. The molecule has 0 bridgehead atoms. The predicted octanol–water partition coefficient (Wildman–Crippen LogP) is 5.23. The largest absolute Gasteiger partial charge is 0.152 e. The van der Waals surface area contributed by atoms with E-state index in [0.717, 1.165) is 17.0 Å². The van der Waals surface area contributed by atoms with E-state index >= 15 is 0 Å². The summed E-state index contributed by atoms with van der Waals surface area (Å²) in [5.74, 6) is 0. The quantitative estimate of drug-likeness (QED) is 0.670. The van der Waals surface area contributed by atoms with Crippen molar-refractivity contribution in [2.24, 2.45) is 0 Å². The Balaban J connectivity index is 2.20. The molecule has 84 valence electrons. The van der Waals surface area contributed by atoms with Gasteiger partial charge in [-0.2, -0.15) is 11.3 Å². The third kappa shape index (κ3) is 2.79. The zero-order valence-electron chi connectivity index (χ0n) is 8.91. The van der Waals surface area contributed by atoms with Gasteiger partial charge in [-0.3, -0.25) is 0 Å². The van der Waals surface area contributed by atoms with Gasteiger partial charge in [0.05, 0.1) is 5.38 Å². The number of halogens is 2. The normalized spacial score (nSPS) is 12.7. The minimum absolute atomic E-state index is 0.00620. The van der Waals surface area contributed by atoms with Crippen LogP contribution in [-0.4, -0.2) is 0 Å². The van der Waals surface area contributed by atoms with Crippen molar-refractivity contribution in [1.29, 1.82) is 0 Å². The number of aryl methyl sites for hydroxylation is 1. The fraction of sp³-hybridized carbons (Fsp3) is 0.231. The lowest BCUT2D eigenvalue weighted by Crippen LogP contribution is -1.97. The molecule has 1 aromatic heterocycles. The zero-order valence-corrected chi connectivity index (χ0v) is 11.2. The number of benzene rings is 1. The van der Waals surface area contributed by atoms with Gasteiger partial charge in [-0.25, -0.2) is 0 Å². The van der Waals surface area contributed by atoms with Crippen LogP contribution in [0.3, 0.4) is 0 Å². The molecule has 0 saturated carbocycles. The Bertz CT molecular complexity index is 463. The van der Waals surface area contributed by atoms with Crippen LogP contribution >= 0.6 is 34.5 Å². The molecule has 16 heavy (non-hydrogen) atoms. The van der Waals surface area contributed by atoms with Crippen molar-refractivity contribution in [3.05, 3.63) is 56.7 Å². The van der Waals surface area contributed by atoms with Crippen molar-refractivity contribution in [1.82, 2.24) is 0 Å². The molecule has 1 heterocycles. The Morgan fingerprint density at radius 3 is 2.81 bits per heavy atom. The molecular formula is C13H12Cl2S. The Labute approximate surface area is 110 Å². The van der Waals surface area contributed by atoms with E-state index in [4.69, 9.17) is 23.2 Å². The summed E-state index contributed by atoms with van der Waals surface area (Å²) in [5, 5.41) is 4.95. The molecule has 0 fully saturated rings. The molecular weight excluding hydrogens is 259 g/mol. The van der Waals surface area contributed by atoms with Crippen LogP contribution in [0, 0.1) is 6.92 Å². The molecule has 0 aliphatic rings. The van der Waals surface area contributed by atoms with Crippen LogP contribution < -0.4 is 0 Å². The Morgan fingerprint density at radius 1 is 1.31 bits per heavy atom. The van der Waals surface area contributed by atoms with E-state index in [0.29, 0.717) is 0 Å². The number of hydrogen-bond acceptors (Lipinski definition) is 1. The van der Waals surface area contributed by atoms with Crippen LogP contribution in [0.1, 0.15) is 22.1 Å². The first-order valence-corrected chi connectivity index (χ1v) is 6.84. The molecule has 2 aromatic rings. The van der Waals surface area contributed by atoms with Crippen LogP contribution in [0.25, 0.3) is 0 Å². The van der Waals surface area contributed by atoms with Gasteiger partial charge in [-0.1, -0.05) is 17.7 Å². The summed E-state index contributed by atoms with van der Waals surface area (Å²) in [5.41, 5.74) is 3.60. The fourth-order valence-electron chi connectivity index (χ4n) is 1.67. The van der Waals surface area contributed by atoms with Gasteiger partial charge in [-0.05, 0) is 59.0 Å². The maximum atomic E-state index is 6.42. The van der Waals surface area contributed by atoms with Gasteiger partial charge in [-0.15, -0.1) is 11.6 Å². The van der Waals surface area contributed by atoms with Crippen molar-refractivity contribution >= 4 is 34.5 Å². The summed E-state index contributed by atoms with van der Waals surface area (Å²) in [6.07, 6.45) is 0.853. The molecule has 0 saturated heterocycles. The summed E-state index contributed by atoms with van der Waals surface area (Å²) >= 11 is 14.1. The third-order valence-electron chi connectivity index (χ3n) is 2.57. The van der Waals surface area contributed by atoms with Crippen LogP contribution in [-0.2, 0) is 6.42 Å². The Kier molecular flexibility index (Phi) is 3.91. The van der Waals surface area contributed by atoms with Gasteiger partial charge in [0.2, 0.25) is 0 Å². The lowest BCUT2D eigenvalue weighted by Gasteiger charge is -2.12. The second kappa shape index (κ2) is 5.22. The van der Waals surface area contributed by atoms with E-state index in [1.165, 1.54) is 11.1 Å². The van der Waals surface area contributed by atoms with Gasteiger partial charge in [0, 0.05) is 5.02 Å². The topological polar surface area (TPSA) is 0 Å². The first kappa shape index (κ1) is 12.0. The van der Waals surface area contributed by atoms with Crippen molar-refractivity contribution in [2.75, 3.05) is 0 Å². The highest BCUT2D eigenvalue weighted by molar-refractivity contribution is 7.07. The smallest absolute Gasteiger partial charge is 0.0628 e. The highest BCUT2D eigenvalue weighted by Gasteiger charge is 2.12. The zero-order chi connectivity index (χ0) is 11.5. The standard InChI is InChI=1S/C13H12Cl2S/c1-9-2-3-11(14)7-12(9)13(15)6-10-4-5-16-8-10/h2-5,7-8,13H,6H2,1H3. The van der Waals surface area contributed by atoms with E-state index in [9.17, 15) is 0 Å². The monoisotopic (exact) mass is 270 g/mol. The summed E-state index contributed by atoms with van der Waals surface area (Å²) < 4.78 is 0. The number of rotatable bonds is 3. The van der Waals surface area contributed by atoms with Crippen LogP contribution in [0.2, 0.25) is 5.02 Å². The van der Waals surface area contributed by atoms with Crippen molar-refractivity contribution in [3.63, 3.8) is 0 Å². The van der Waals surface area contributed by atoms with Crippen LogP contribution in [0.5, 0.6) is 0 Å². The van der Waals surface area contributed by atoms with E-state index in [1.54, 1.807) is 11.3 Å². The third-order valence-corrected chi connectivity index (χ3v) is 3.93. The van der Waals surface area contributed by atoms with Crippen molar-refractivity contribution < 1.29 is 0 Å². The summed E-state index contributed by atoms with van der Waals surface area (Å²) in [4.78, 5) is 0. The summed E-state index contributed by atoms with van der Waals surface area (Å²) in [6.45, 7) is 2.06. The second-order valence-corrected chi connectivity index (χ2v) is 5.55. The van der Waals surface area contributed by atoms with E-state index in [2.05, 4.69) is 23.8 Å². The average molecular weight is 271 g/mol. The molecule has 0 spiro atoms. The van der Waals surface area contributed by atoms with E-state index in [1.807, 2.05) is 18.2 Å². The van der Waals surface area contributed by atoms with Gasteiger partial charge < -0.3 is 0 Å². The minimum Gasteiger partial charge on any atom is -0.152 e. The van der Waals surface area contributed by atoms with Gasteiger partial charge in [0.1, 0.15) is 0 Å². The Hall–Kier alpha value is -0.500. The van der Waals surface area contributed by atoms with E-state index < -0.39 is 0 Å². The van der Waals surface area contributed by atoms with Crippen LogP contribution in [0.15, 0.2) is 35.0 Å². The second-order valence-electron chi connectivity index (χ2n) is 3.80. The lowest BCUT2D eigenvalue weighted by molar-refractivity contribution is 0.914.